The number of benzene rings is 2. The zero-order chi connectivity index (χ0) is 28.3. The number of nitro benzene ring substituents is 1. The number of hydrogen-bond donors (Lipinski definition) is 2. The monoisotopic (exact) mass is 532 g/mol. The smallest absolute Gasteiger partial charge is 0.355 e. The average Bonchev–Trinajstić information content (AvgIpc) is 2.96. The number of nitro groups is 1. The van der Waals surface area contributed by atoms with E-state index >= 15 is 0 Å². The van der Waals surface area contributed by atoms with E-state index in [1.165, 1.54) is 18.1 Å². The Morgan fingerprint density at radius 2 is 1.74 bits per heavy atom. The molecule has 12 heteroatoms. The van der Waals surface area contributed by atoms with Gasteiger partial charge >= 0.3 is 11.9 Å². The van der Waals surface area contributed by atoms with Gasteiger partial charge in [0.25, 0.3) is 5.69 Å². The number of methoxy groups -OCH3 is 2. The molecule has 0 aromatic heterocycles. The fourth-order valence-corrected chi connectivity index (χ4v) is 4.98. The Balaban J connectivity index is 2.06. The van der Waals surface area contributed by atoms with Crippen molar-refractivity contribution < 1.29 is 24.0 Å². The van der Waals surface area contributed by atoms with Crippen molar-refractivity contribution in [1.29, 1.82) is 5.26 Å². The van der Waals surface area contributed by atoms with Crippen molar-refractivity contribution >= 4 is 29.0 Å². The van der Waals surface area contributed by atoms with Crippen molar-refractivity contribution in [1.82, 2.24) is 5.32 Å². The number of carbonyl (C=O) groups excluding carboxylic acids is 2. The van der Waals surface area contributed by atoms with Gasteiger partial charge in [0.2, 0.25) is 0 Å². The summed E-state index contributed by atoms with van der Waals surface area (Å²) in [5.41, 5.74) is 7.67. The lowest BCUT2D eigenvalue weighted by atomic mass is 9.80. The van der Waals surface area contributed by atoms with E-state index in [2.05, 4.69) is 11.4 Å². The molecule has 1 atom stereocenters. The van der Waals surface area contributed by atoms with Crippen molar-refractivity contribution in [2.24, 2.45) is 5.73 Å². The fraction of sp³-hybridized carbons (Fsp3) is 0.296. The summed E-state index contributed by atoms with van der Waals surface area (Å²) < 4.78 is 10.2. The van der Waals surface area contributed by atoms with Crippen LogP contribution in [0.25, 0.3) is 0 Å². The van der Waals surface area contributed by atoms with Crippen molar-refractivity contribution in [2.75, 3.05) is 50.2 Å². The second-order valence-electron chi connectivity index (χ2n) is 8.96. The van der Waals surface area contributed by atoms with Gasteiger partial charge < -0.3 is 25.4 Å². The topological polar surface area (TPSA) is 164 Å². The summed E-state index contributed by atoms with van der Waals surface area (Å²) in [6, 6.07) is 13.7. The lowest BCUT2D eigenvalue weighted by Crippen LogP contribution is -2.44. The second-order valence-corrected chi connectivity index (χ2v) is 8.96. The van der Waals surface area contributed by atoms with E-state index in [0.717, 1.165) is 7.11 Å². The Morgan fingerprint density at radius 1 is 1.10 bits per heavy atom. The SMILES string of the molecule is COC(=O)C1=C(C(=O)OC)N(c2cc(N3CCNCC3)c([N+](=O)[O-])cc2C)C(N)=C(C#N)C1c1ccccc1. The van der Waals surface area contributed by atoms with Gasteiger partial charge in [-0.1, -0.05) is 30.3 Å². The Hall–Kier alpha value is -4.89. The van der Waals surface area contributed by atoms with Crippen molar-refractivity contribution in [3.05, 3.63) is 86.4 Å². The third kappa shape index (κ3) is 4.87. The molecule has 202 valence electrons. The van der Waals surface area contributed by atoms with Gasteiger partial charge in [-0.2, -0.15) is 5.26 Å². The molecule has 0 saturated carbocycles. The van der Waals surface area contributed by atoms with Crippen molar-refractivity contribution in [3.63, 3.8) is 0 Å². The van der Waals surface area contributed by atoms with Gasteiger partial charge in [-0.3, -0.25) is 15.0 Å². The molecule has 12 nitrogen and oxygen atoms in total. The number of rotatable bonds is 6. The van der Waals surface area contributed by atoms with E-state index in [9.17, 15) is 25.0 Å². The number of nitrogens with zero attached hydrogens (tertiary/aromatic N) is 4. The number of nitriles is 1. The van der Waals surface area contributed by atoms with E-state index in [-0.39, 0.29) is 34.0 Å². The van der Waals surface area contributed by atoms with Crippen LogP contribution in [0.15, 0.2) is 65.1 Å². The number of nitrogens with one attached hydrogen (secondary N) is 1. The highest BCUT2D eigenvalue weighted by Crippen LogP contribution is 2.45. The van der Waals surface area contributed by atoms with Gasteiger partial charge in [0.15, 0.2) is 0 Å². The molecule has 4 rings (SSSR count). The minimum atomic E-state index is -1.01. The average molecular weight is 533 g/mol. The molecule has 2 aliphatic heterocycles. The molecule has 0 aliphatic carbocycles. The van der Waals surface area contributed by atoms with Crippen LogP contribution < -0.4 is 20.9 Å². The highest BCUT2D eigenvalue weighted by Gasteiger charge is 2.43. The van der Waals surface area contributed by atoms with Gasteiger partial charge in [-0.25, -0.2) is 9.59 Å². The van der Waals surface area contributed by atoms with Crippen LogP contribution in [0.2, 0.25) is 0 Å². The van der Waals surface area contributed by atoms with Crippen LogP contribution in [0.1, 0.15) is 17.0 Å². The molecule has 2 aromatic carbocycles. The first-order chi connectivity index (χ1) is 18.7. The third-order valence-electron chi connectivity index (χ3n) is 6.80. The Morgan fingerprint density at radius 3 is 2.31 bits per heavy atom. The number of allylic oxidation sites excluding steroid dienone is 1. The lowest BCUT2D eigenvalue weighted by molar-refractivity contribution is -0.384. The van der Waals surface area contributed by atoms with Crippen LogP contribution in [0.3, 0.4) is 0 Å². The Bertz CT molecular complexity index is 1420. The largest absolute Gasteiger partial charge is 0.466 e. The normalized spacial score (nSPS) is 17.5. The van der Waals surface area contributed by atoms with E-state index in [0.29, 0.717) is 43.0 Å². The molecule has 1 unspecified atom stereocenters. The Labute approximate surface area is 225 Å². The highest BCUT2D eigenvalue weighted by atomic mass is 16.6. The first kappa shape index (κ1) is 27.2. The maximum Gasteiger partial charge on any atom is 0.355 e. The van der Waals surface area contributed by atoms with Gasteiger partial charge in [0, 0.05) is 32.2 Å². The number of ether oxygens (including phenoxy) is 2. The molecule has 39 heavy (non-hydrogen) atoms. The number of hydrogen-bond acceptors (Lipinski definition) is 11. The fourth-order valence-electron chi connectivity index (χ4n) is 4.98. The molecule has 2 aromatic rings. The predicted octanol–water partition coefficient (Wildman–Crippen LogP) is 2.21. The molecule has 0 amide bonds. The summed E-state index contributed by atoms with van der Waals surface area (Å²) in [5, 5.41) is 25.5. The molecule has 3 N–H and O–H groups in total. The predicted molar refractivity (Wildman–Crippen MR) is 142 cm³/mol. The number of carbonyl (C=O) groups is 2. The molecule has 2 heterocycles. The molecule has 0 spiro atoms. The molecule has 1 fully saturated rings. The summed E-state index contributed by atoms with van der Waals surface area (Å²) in [7, 11) is 2.33. The summed E-state index contributed by atoms with van der Waals surface area (Å²) in [4.78, 5) is 41.3. The van der Waals surface area contributed by atoms with Gasteiger partial charge in [-0.15, -0.1) is 0 Å². The quantitative estimate of drug-likeness (QED) is 0.318. The second kappa shape index (κ2) is 11.2. The first-order valence-corrected chi connectivity index (χ1v) is 12.1. The third-order valence-corrected chi connectivity index (χ3v) is 6.80. The van der Waals surface area contributed by atoms with Gasteiger partial charge in [0.05, 0.1) is 48.0 Å². The van der Waals surface area contributed by atoms with Crippen molar-refractivity contribution in [2.45, 2.75) is 12.8 Å². The van der Waals surface area contributed by atoms with Crippen LogP contribution >= 0.6 is 0 Å². The first-order valence-electron chi connectivity index (χ1n) is 12.1. The number of piperazine rings is 1. The summed E-state index contributed by atoms with van der Waals surface area (Å²) in [6.45, 7) is 3.91. The van der Waals surface area contributed by atoms with Crippen LogP contribution in [0.5, 0.6) is 0 Å². The van der Waals surface area contributed by atoms with Crippen molar-refractivity contribution in [3.8, 4) is 6.07 Å². The standard InChI is InChI=1S/C27H28N6O6/c1-16-13-21(33(36)37)20(31-11-9-30-10-12-31)14-19(16)32-24(27(35)39-3)23(26(34)38-2)22(18(15-28)25(32)29)17-7-5-4-6-8-17/h4-8,13-14,22,30H,9-12,29H2,1-3H3. The maximum absolute atomic E-state index is 13.4. The zero-order valence-electron chi connectivity index (χ0n) is 21.8. The lowest BCUT2D eigenvalue weighted by Gasteiger charge is -2.37. The summed E-state index contributed by atoms with van der Waals surface area (Å²) in [6.07, 6.45) is 0. The molecule has 0 bridgehead atoms. The number of nitrogens with two attached hydrogens (primary N) is 1. The van der Waals surface area contributed by atoms with Gasteiger partial charge in [-0.05, 0) is 24.1 Å². The minimum Gasteiger partial charge on any atom is -0.466 e. The van der Waals surface area contributed by atoms with Gasteiger partial charge in [0.1, 0.15) is 17.2 Å². The van der Waals surface area contributed by atoms with E-state index < -0.39 is 22.8 Å². The minimum absolute atomic E-state index is 0.00993. The summed E-state index contributed by atoms with van der Waals surface area (Å²) in [5.74, 6) is -2.86. The number of esters is 2. The van der Waals surface area contributed by atoms with E-state index in [1.54, 1.807) is 43.3 Å². The molecular weight excluding hydrogens is 504 g/mol. The number of anilines is 2. The highest BCUT2D eigenvalue weighted by molar-refractivity contribution is 6.06. The molecular formula is C27H28N6O6. The Kier molecular flexibility index (Phi) is 7.83. The van der Waals surface area contributed by atoms with Crippen LogP contribution in [-0.2, 0) is 19.1 Å². The van der Waals surface area contributed by atoms with E-state index in [1.807, 2.05) is 4.90 Å². The van der Waals surface area contributed by atoms with E-state index in [4.69, 9.17) is 15.2 Å². The molecule has 1 saturated heterocycles. The molecule has 0 radical (unpaired) electrons. The van der Waals surface area contributed by atoms with Crippen LogP contribution in [0, 0.1) is 28.4 Å². The molecule has 2 aliphatic rings. The number of aryl methyl sites for hydroxylation is 1. The maximum atomic E-state index is 13.4. The van der Waals surface area contributed by atoms with Crippen LogP contribution in [0.4, 0.5) is 17.1 Å². The summed E-state index contributed by atoms with van der Waals surface area (Å²) >= 11 is 0. The van der Waals surface area contributed by atoms with Crippen LogP contribution in [-0.4, -0.2) is 57.3 Å². The zero-order valence-corrected chi connectivity index (χ0v) is 21.8.